The molecule has 0 unspecified atom stereocenters. The number of hydrogen-bond donors (Lipinski definition) is 1. The van der Waals surface area contributed by atoms with Gasteiger partial charge in [-0.15, -0.1) is 11.3 Å². The predicted molar refractivity (Wildman–Crippen MR) is 123 cm³/mol. The largest absolute Gasteiger partial charge is 0.454 e. The second-order valence-electron chi connectivity index (χ2n) is 7.58. The Labute approximate surface area is 195 Å². The molecule has 1 amide bonds. The molecule has 2 aromatic carbocycles. The van der Waals surface area contributed by atoms with Gasteiger partial charge in [-0.2, -0.15) is 4.31 Å². The maximum absolute atomic E-state index is 12.8. The fourth-order valence-electron chi connectivity index (χ4n) is 3.65. The maximum atomic E-state index is 12.8. The Morgan fingerprint density at radius 3 is 2.52 bits per heavy atom. The second kappa shape index (κ2) is 9.14. The topological polar surface area (TPSA) is 94.2 Å². The number of amides is 1. The van der Waals surface area contributed by atoms with Gasteiger partial charge in [0, 0.05) is 30.1 Å². The van der Waals surface area contributed by atoms with E-state index in [1.807, 2.05) is 30.3 Å². The van der Waals surface area contributed by atoms with Crippen LogP contribution in [0.2, 0.25) is 0 Å². The first-order valence-electron chi connectivity index (χ1n) is 10.5. The van der Waals surface area contributed by atoms with Gasteiger partial charge in [0.1, 0.15) is 4.21 Å². The summed E-state index contributed by atoms with van der Waals surface area (Å²) in [4.78, 5) is 13.4. The molecule has 8 nitrogen and oxygen atoms in total. The number of hydrogen-bond acceptors (Lipinski definition) is 7. The molecule has 1 fully saturated rings. The van der Waals surface area contributed by atoms with Gasteiger partial charge < -0.3 is 19.5 Å². The molecule has 0 spiro atoms. The first-order chi connectivity index (χ1) is 16.0. The number of nitrogens with one attached hydrogen (secondary N) is 1. The zero-order valence-corrected chi connectivity index (χ0v) is 19.3. The van der Waals surface area contributed by atoms with Crippen LogP contribution in [0, 0.1) is 0 Å². The number of ether oxygens (including phenoxy) is 3. The highest BCUT2D eigenvalue weighted by molar-refractivity contribution is 7.91. The summed E-state index contributed by atoms with van der Waals surface area (Å²) in [6.45, 7) is 2.13. The minimum atomic E-state index is -3.52. The Bertz CT molecular complexity index is 1260. The number of carbonyl (C=O) groups is 1. The Hall–Kier alpha value is -2.92. The van der Waals surface area contributed by atoms with Crippen molar-refractivity contribution in [2.24, 2.45) is 0 Å². The molecule has 0 aliphatic carbocycles. The van der Waals surface area contributed by atoms with E-state index >= 15 is 0 Å². The van der Waals surface area contributed by atoms with E-state index in [9.17, 15) is 13.2 Å². The summed E-state index contributed by atoms with van der Waals surface area (Å²) in [7, 11) is -3.52. The number of morpholine rings is 1. The molecule has 0 bridgehead atoms. The minimum Gasteiger partial charge on any atom is -0.454 e. The number of fused-ring (bicyclic) bond motifs is 1. The zero-order chi connectivity index (χ0) is 22.8. The van der Waals surface area contributed by atoms with Crippen LogP contribution < -0.4 is 14.8 Å². The fraction of sp³-hybridized carbons (Fsp3) is 0.261. The summed E-state index contributed by atoms with van der Waals surface area (Å²) in [6, 6.07) is 16.1. The molecule has 2 aliphatic heterocycles. The van der Waals surface area contributed by atoms with Crippen LogP contribution in [0.1, 0.15) is 15.9 Å². The Balaban J connectivity index is 1.23. The molecule has 172 valence electrons. The molecule has 10 heteroatoms. The lowest BCUT2D eigenvalue weighted by Gasteiger charge is -2.25. The van der Waals surface area contributed by atoms with Crippen molar-refractivity contribution in [1.82, 2.24) is 9.62 Å². The second-order valence-corrected chi connectivity index (χ2v) is 10.8. The first-order valence-corrected chi connectivity index (χ1v) is 12.7. The molecule has 0 atom stereocenters. The van der Waals surface area contributed by atoms with E-state index in [0.29, 0.717) is 54.1 Å². The van der Waals surface area contributed by atoms with Crippen molar-refractivity contribution in [1.29, 1.82) is 0 Å². The summed E-state index contributed by atoms with van der Waals surface area (Å²) in [5.41, 5.74) is 2.30. The van der Waals surface area contributed by atoms with Gasteiger partial charge in [0.15, 0.2) is 11.5 Å². The van der Waals surface area contributed by atoms with Crippen LogP contribution in [0.4, 0.5) is 0 Å². The van der Waals surface area contributed by atoms with Crippen molar-refractivity contribution in [3.63, 3.8) is 0 Å². The summed E-state index contributed by atoms with van der Waals surface area (Å²) in [5.74, 6) is 1.19. The van der Waals surface area contributed by atoms with Crippen molar-refractivity contribution < 1.29 is 27.4 Å². The average Bonchev–Trinajstić information content (AvgIpc) is 3.53. The third kappa shape index (κ3) is 4.60. The lowest BCUT2D eigenvalue weighted by molar-refractivity contribution is 0.0731. The van der Waals surface area contributed by atoms with Gasteiger partial charge in [0.05, 0.1) is 13.2 Å². The predicted octanol–water partition coefficient (Wildman–Crippen LogP) is 3.09. The van der Waals surface area contributed by atoms with Crippen molar-refractivity contribution in [3.05, 3.63) is 65.7 Å². The van der Waals surface area contributed by atoms with Crippen molar-refractivity contribution in [3.8, 4) is 21.9 Å². The van der Waals surface area contributed by atoms with Crippen LogP contribution in [0.15, 0.2) is 58.8 Å². The van der Waals surface area contributed by atoms with E-state index in [2.05, 4.69) is 5.32 Å². The first kappa shape index (κ1) is 21.9. The molecule has 1 N–H and O–H groups in total. The molecule has 5 rings (SSSR count). The van der Waals surface area contributed by atoms with E-state index in [1.165, 1.54) is 15.6 Å². The van der Waals surface area contributed by atoms with Crippen molar-refractivity contribution in [2.45, 2.75) is 10.8 Å². The SMILES string of the molecule is O=C(NCc1ccc2c(c1)OCO2)c1ccc(-c2ccc(S(=O)(=O)N3CCOCC3)s2)cc1. The Morgan fingerprint density at radius 1 is 0.970 bits per heavy atom. The van der Waals surface area contributed by atoms with Gasteiger partial charge >= 0.3 is 0 Å². The number of sulfonamides is 1. The van der Waals surface area contributed by atoms with Gasteiger partial charge in [-0.25, -0.2) is 8.42 Å². The summed E-state index contributed by atoms with van der Waals surface area (Å²) >= 11 is 1.22. The van der Waals surface area contributed by atoms with E-state index < -0.39 is 10.0 Å². The quantitative estimate of drug-likeness (QED) is 0.576. The van der Waals surface area contributed by atoms with Crippen molar-refractivity contribution >= 4 is 27.3 Å². The molecule has 0 saturated carbocycles. The molecule has 2 aliphatic rings. The average molecular weight is 487 g/mol. The highest BCUT2D eigenvalue weighted by Gasteiger charge is 2.27. The molecule has 1 aromatic heterocycles. The number of nitrogens with zero attached hydrogens (tertiary/aromatic N) is 1. The number of benzene rings is 2. The minimum absolute atomic E-state index is 0.194. The number of carbonyl (C=O) groups excluding carboxylic acids is 1. The van der Waals surface area contributed by atoms with Crippen LogP contribution in [0.25, 0.3) is 10.4 Å². The molecular formula is C23H22N2O6S2. The van der Waals surface area contributed by atoms with Crippen LogP contribution in [0.5, 0.6) is 11.5 Å². The van der Waals surface area contributed by atoms with E-state index in [0.717, 1.165) is 16.0 Å². The third-order valence-corrected chi connectivity index (χ3v) is 8.97. The number of thiophene rings is 1. The van der Waals surface area contributed by atoms with Crippen LogP contribution in [-0.4, -0.2) is 51.7 Å². The van der Waals surface area contributed by atoms with Gasteiger partial charge in [-0.1, -0.05) is 18.2 Å². The van der Waals surface area contributed by atoms with Gasteiger partial charge in [0.25, 0.3) is 15.9 Å². The van der Waals surface area contributed by atoms with E-state index in [-0.39, 0.29) is 12.7 Å². The summed E-state index contributed by atoms with van der Waals surface area (Å²) in [5, 5.41) is 2.90. The molecule has 33 heavy (non-hydrogen) atoms. The lowest BCUT2D eigenvalue weighted by atomic mass is 10.1. The lowest BCUT2D eigenvalue weighted by Crippen LogP contribution is -2.40. The number of rotatable bonds is 6. The Morgan fingerprint density at radius 2 is 1.73 bits per heavy atom. The monoisotopic (exact) mass is 486 g/mol. The third-order valence-electron chi connectivity index (χ3n) is 5.47. The summed E-state index contributed by atoms with van der Waals surface area (Å²) in [6.07, 6.45) is 0. The zero-order valence-electron chi connectivity index (χ0n) is 17.7. The van der Waals surface area contributed by atoms with Crippen LogP contribution in [-0.2, 0) is 21.3 Å². The van der Waals surface area contributed by atoms with E-state index in [1.54, 1.807) is 24.3 Å². The maximum Gasteiger partial charge on any atom is 0.252 e. The standard InChI is InChI=1S/C23H22N2O6S2/c26-23(24-14-16-1-6-19-20(13-16)31-15-30-19)18-4-2-17(3-5-18)21-7-8-22(32-21)33(27,28)25-9-11-29-12-10-25/h1-8,13H,9-12,14-15H2,(H,24,26). The fourth-order valence-corrected chi connectivity index (χ4v) is 6.52. The van der Waals surface area contributed by atoms with Gasteiger partial charge in [0.2, 0.25) is 6.79 Å². The highest BCUT2D eigenvalue weighted by Crippen LogP contribution is 2.33. The molecule has 3 aromatic rings. The molecular weight excluding hydrogens is 464 g/mol. The van der Waals surface area contributed by atoms with E-state index in [4.69, 9.17) is 14.2 Å². The molecule has 0 radical (unpaired) electrons. The van der Waals surface area contributed by atoms with Crippen LogP contribution in [0.3, 0.4) is 0 Å². The highest BCUT2D eigenvalue weighted by atomic mass is 32.2. The van der Waals surface area contributed by atoms with Crippen LogP contribution >= 0.6 is 11.3 Å². The normalized spacial score (nSPS) is 16.0. The smallest absolute Gasteiger partial charge is 0.252 e. The summed E-state index contributed by atoms with van der Waals surface area (Å²) < 4.78 is 43.4. The van der Waals surface area contributed by atoms with Gasteiger partial charge in [-0.3, -0.25) is 4.79 Å². The molecule has 1 saturated heterocycles. The Kier molecular flexibility index (Phi) is 6.07. The van der Waals surface area contributed by atoms with Gasteiger partial charge in [-0.05, 0) is 47.5 Å². The van der Waals surface area contributed by atoms with Crippen molar-refractivity contribution in [2.75, 3.05) is 33.1 Å². The molecule has 3 heterocycles.